The summed E-state index contributed by atoms with van der Waals surface area (Å²) in [5, 5.41) is 3.09. The van der Waals surface area contributed by atoms with Gasteiger partial charge in [0.05, 0.1) is 6.04 Å². The van der Waals surface area contributed by atoms with Crippen molar-refractivity contribution in [3.8, 4) is 0 Å². The van der Waals surface area contributed by atoms with Crippen molar-refractivity contribution in [2.24, 2.45) is 0 Å². The highest BCUT2D eigenvalue weighted by molar-refractivity contribution is 5.95. The Balaban J connectivity index is 2.11. The first-order valence-corrected chi connectivity index (χ1v) is 7.43. The standard InChI is InChI=1S/C17H26N2O/c1-12-9-13(2)11-14(10-12)18-16(20)15-7-6-8-19(15)17(3,4)5/h9-11,15H,6-8H2,1-5H3,(H,18,20)/t15-/m0/s1. The largest absolute Gasteiger partial charge is 0.325 e. The fourth-order valence-electron chi connectivity index (χ4n) is 3.11. The predicted molar refractivity (Wildman–Crippen MR) is 84.0 cm³/mol. The maximum atomic E-state index is 12.5. The smallest absolute Gasteiger partial charge is 0.241 e. The van der Waals surface area contributed by atoms with Crippen LogP contribution in [0.25, 0.3) is 0 Å². The summed E-state index contributed by atoms with van der Waals surface area (Å²) in [6.07, 6.45) is 2.05. The third-order valence-corrected chi connectivity index (χ3v) is 3.91. The molecule has 1 aromatic rings. The zero-order chi connectivity index (χ0) is 14.9. The summed E-state index contributed by atoms with van der Waals surface area (Å²) in [7, 11) is 0. The minimum atomic E-state index is -0.00387. The van der Waals surface area contributed by atoms with E-state index < -0.39 is 0 Å². The lowest BCUT2D eigenvalue weighted by atomic mass is 10.0. The number of aryl methyl sites for hydroxylation is 2. The second-order valence-electron chi connectivity index (χ2n) is 6.89. The predicted octanol–water partition coefficient (Wildman–Crippen LogP) is 3.50. The van der Waals surface area contributed by atoms with Crippen molar-refractivity contribution in [1.82, 2.24) is 4.90 Å². The average Bonchev–Trinajstić information content (AvgIpc) is 2.75. The van der Waals surface area contributed by atoms with Crippen LogP contribution in [0.2, 0.25) is 0 Å². The maximum Gasteiger partial charge on any atom is 0.241 e. The van der Waals surface area contributed by atoms with Gasteiger partial charge in [-0.25, -0.2) is 0 Å². The molecule has 1 amide bonds. The van der Waals surface area contributed by atoms with Crippen LogP contribution >= 0.6 is 0 Å². The van der Waals surface area contributed by atoms with Gasteiger partial charge in [0.25, 0.3) is 0 Å². The lowest BCUT2D eigenvalue weighted by molar-refractivity contribution is -0.121. The summed E-state index contributed by atoms with van der Waals surface area (Å²) in [6, 6.07) is 6.17. The summed E-state index contributed by atoms with van der Waals surface area (Å²) in [5.41, 5.74) is 3.31. The number of nitrogens with zero attached hydrogens (tertiary/aromatic N) is 1. The van der Waals surface area contributed by atoms with E-state index in [9.17, 15) is 4.79 Å². The SMILES string of the molecule is Cc1cc(C)cc(NC(=O)[C@@H]2CCCN2C(C)(C)C)c1. The third kappa shape index (κ3) is 3.40. The molecule has 1 aromatic carbocycles. The van der Waals surface area contributed by atoms with Gasteiger partial charge < -0.3 is 5.32 Å². The van der Waals surface area contributed by atoms with Gasteiger partial charge in [0.2, 0.25) is 5.91 Å². The molecule has 1 aliphatic rings. The molecule has 1 atom stereocenters. The summed E-state index contributed by atoms with van der Waals surface area (Å²) in [4.78, 5) is 14.9. The summed E-state index contributed by atoms with van der Waals surface area (Å²) >= 11 is 0. The van der Waals surface area contributed by atoms with Crippen LogP contribution in [0, 0.1) is 13.8 Å². The molecule has 1 N–H and O–H groups in total. The van der Waals surface area contributed by atoms with Crippen LogP contribution in [0.1, 0.15) is 44.7 Å². The molecular formula is C17H26N2O. The lowest BCUT2D eigenvalue weighted by Gasteiger charge is -2.36. The Morgan fingerprint density at radius 1 is 1.20 bits per heavy atom. The number of hydrogen-bond acceptors (Lipinski definition) is 2. The molecule has 0 spiro atoms. The Morgan fingerprint density at radius 3 is 2.35 bits per heavy atom. The van der Waals surface area contributed by atoms with Crippen LogP contribution in [0.3, 0.4) is 0 Å². The molecule has 2 rings (SSSR count). The van der Waals surface area contributed by atoms with Crippen LogP contribution in [0.15, 0.2) is 18.2 Å². The highest BCUT2D eigenvalue weighted by atomic mass is 16.2. The van der Waals surface area contributed by atoms with Gasteiger partial charge >= 0.3 is 0 Å². The van der Waals surface area contributed by atoms with Crippen molar-refractivity contribution < 1.29 is 4.79 Å². The second-order valence-corrected chi connectivity index (χ2v) is 6.89. The van der Waals surface area contributed by atoms with E-state index in [1.807, 2.05) is 12.1 Å². The second kappa shape index (κ2) is 5.57. The quantitative estimate of drug-likeness (QED) is 0.895. The van der Waals surface area contributed by atoms with Crippen molar-refractivity contribution in [2.45, 2.75) is 59.0 Å². The van der Waals surface area contributed by atoms with Crippen molar-refractivity contribution in [2.75, 3.05) is 11.9 Å². The molecule has 1 saturated heterocycles. The van der Waals surface area contributed by atoms with E-state index >= 15 is 0 Å². The van der Waals surface area contributed by atoms with E-state index in [1.54, 1.807) is 0 Å². The fourth-order valence-corrected chi connectivity index (χ4v) is 3.11. The van der Waals surface area contributed by atoms with Crippen LogP contribution < -0.4 is 5.32 Å². The minimum Gasteiger partial charge on any atom is -0.325 e. The Hall–Kier alpha value is -1.35. The molecule has 0 aromatic heterocycles. The van der Waals surface area contributed by atoms with E-state index in [4.69, 9.17) is 0 Å². The van der Waals surface area contributed by atoms with E-state index in [-0.39, 0.29) is 17.5 Å². The average molecular weight is 274 g/mol. The molecular weight excluding hydrogens is 248 g/mol. The molecule has 1 fully saturated rings. The number of nitrogens with one attached hydrogen (secondary N) is 1. The van der Waals surface area contributed by atoms with Gasteiger partial charge in [0, 0.05) is 11.2 Å². The normalized spacial score (nSPS) is 20.1. The molecule has 0 aliphatic carbocycles. The van der Waals surface area contributed by atoms with Crippen LogP contribution in [0.5, 0.6) is 0 Å². The first kappa shape index (κ1) is 15.0. The van der Waals surface area contributed by atoms with E-state index in [0.717, 1.165) is 25.1 Å². The van der Waals surface area contributed by atoms with E-state index in [1.165, 1.54) is 11.1 Å². The van der Waals surface area contributed by atoms with Crippen LogP contribution in [-0.2, 0) is 4.79 Å². The van der Waals surface area contributed by atoms with Crippen LogP contribution in [0.4, 0.5) is 5.69 Å². The minimum absolute atomic E-state index is 0.00387. The summed E-state index contributed by atoms with van der Waals surface area (Å²) in [5.74, 6) is 0.127. The fraction of sp³-hybridized carbons (Fsp3) is 0.588. The van der Waals surface area contributed by atoms with Crippen molar-refractivity contribution in [3.05, 3.63) is 29.3 Å². The van der Waals surface area contributed by atoms with Gasteiger partial charge in [0.15, 0.2) is 0 Å². The highest BCUT2D eigenvalue weighted by Gasteiger charge is 2.37. The Bertz CT molecular complexity index is 482. The summed E-state index contributed by atoms with van der Waals surface area (Å²) in [6.45, 7) is 11.6. The molecule has 3 nitrogen and oxygen atoms in total. The number of benzene rings is 1. The molecule has 0 unspecified atom stereocenters. The van der Waals surface area contributed by atoms with Gasteiger partial charge in [-0.1, -0.05) is 6.07 Å². The van der Waals surface area contributed by atoms with Gasteiger partial charge in [-0.2, -0.15) is 0 Å². The highest BCUT2D eigenvalue weighted by Crippen LogP contribution is 2.27. The molecule has 0 bridgehead atoms. The molecule has 0 saturated carbocycles. The molecule has 1 heterocycles. The number of likely N-dealkylation sites (tertiary alicyclic amines) is 1. The van der Waals surface area contributed by atoms with Gasteiger partial charge in [-0.15, -0.1) is 0 Å². The lowest BCUT2D eigenvalue weighted by Crippen LogP contribution is -2.49. The van der Waals surface area contributed by atoms with E-state index in [0.29, 0.717) is 0 Å². The molecule has 1 aliphatic heterocycles. The number of carbonyl (C=O) groups excluding carboxylic acids is 1. The zero-order valence-electron chi connectivity index (χ0n) is 13.3. The van der Waals surface area contributed by atoms with Gasteiger partial charge in [0.1, 0.15) is 0 Å². The molecule has 0 radical (unpaired) electrons. The molecule has 3 heteroatoms. The van der Waals surface area contributed by atoms with Crippen molar-refractivity contribution in [1.29, 1.82) is 0 Å². The molecule has 110 valence electrons. The van der Waals surface area contributed by atoms with Crippen LogP contribution in [-0.4, -0.2) is 28.9 Å². The van der Waals surface area contributed by atoms with Gasteiger partial charge in [-0.05, 0) is 77.3 Å². The number of carbonyl (C=O) groups is 1. The third-order valence-electron chi connectivity index (χ3n) is 3.91. The summed E-state index contributed by atoms with van der Waals surface area (Å²) < 4.78 is 0. The number of rotatable bonds is 2. The number of amides is 1. The van der Waals surface area contributed by atoms with Crippen molar-refractivity contribution >= 4 is 11.6 Å². The topological polar surface area (TPSA) is 32.3 Å². The number of anilines is 1. The Labute approximate surface area is 122 Å². The van der Waals surface area contributed by atoms with E-state index in [2.05, 4.69) is 50.9 Å². The van der Waals surface area contributed by atoms with Gasteiger partial charge in [-0.3, -0.25) is 9.69 Å². The maximum absolute atomic E-state index is 12.5. The first-order valence-electron chi connectivity index (χ1n) is 7.43. The first-order chi connectivity index (χ1) is 9.27. The number of hydrogen-bond donors (Lipinski definition) is 1. The zero-order valence-corrected chi connectivity index (χ0v) is 13.3. The Morgan fingerprint density at radius 2 is 1.80 bits per heavy atom. The Kier molecular flexibility index (Phi) is 4.19. The van der Waals surface area contributed by atoms with Crippen molar-refractivity contribution in [3.63, 3.8) is 0 Å². The molecule has 20 heavy (non-hydrogen) atoms. The monoisotopic (exact) mass is 274 g/mol.